The minimum atomic E-state index is -4.41. The molecule has 0 unspecified atom stereocenters. The van der Waals surface area contributed by atoms with Crippen LogP contribution in [0.5, 0.6) is 0 Å². The molecule has 1 N–H and O–H groups in total. The second-order valence-electron chi connectivity index (χ2n) is 6.15. The maximum Gasteiger partial charge on any atom is 0.416 e. The summed E-state index contributed by atoms with van der Waals surface area (Å²) in [6.45, 7) is 4.68. The zero-order valence-corrected chi connectivity index (χ0v) is 14.2. The lowest BCUT2D eigenvalue weighted by Gasteiger charge is -2.34. The SMILES string of the molecule is C=CC(=O)NC[C@H]1CN(c2ccc(C(F)(F)F)cc2)c2cc(C#N)nn2C1. The monoisotopic (exact) mass is 375 g/mol. The molecule has 3 rings (SSSR count). The van der Waals surface area contributed by atoms with E-state index in [2.05, 4.69) is 17.0 Å². The number of benzene rings is 1. The molecule has 140 valence electrons. The maximum atomic E-state index is 12.8. The van der Waals surface area contributed by atoms with Gasteiger partial charge in [-0.3, -0.25) is 4.79 Å². The molecule has 6 nitrogen and oxygen atoms in total. The molecule has 0 aliphatic carbocycles. The average molecular weight is 375 g/mol. The number of nitrogens with zero attached hydrogens (tertiary/aromatic N) is 4. The number of fused-ring (bicyclic) bond motifs is 1. The van der Waals surface area contributed by atoms with E-state index in [-0.39, 0.29) is 17.5 Å². The van der Waals surface area contributed by atoms with Gasteiger partial charge >= 0.3 is 6.18 Å². The number of aromatic nitrogens is 2. The van der Waals surface area contributed by atoms with Crippen molar-refractivity contribution in [3.8, 4) is 6.07 Å². The third-order valence-corrected chi connectivity index (χ3v) is 4.28. The van der Waals surface area contributed by atoms with Crippen LogP contribution in [-0.4, -0.2) is 28.8 Å². The van der Waals surface area contributed by atoms with E-state index in [4.69, 9.17) is 5.26 Å². The third-order valence-electron chi connectivity index (χ3n) is 4.28. The van der Waals surface area contributed by atoms with Gasteiger partial charge in [0.05, 0.1) is 5.56 Å². The van der Waals surface area contributed by atoms with Gasteiger partial charge in [-0.1, -0.05) is 6.58 Å². The van der Waals surface area contributed by atoms with E-state index in [9.17, 15) is 18.0 Å². The zero-order chi connectivity index (χ0) is 19.6. The molecule has 0 saturated carbocycles. The minimum absolute atomic E-state index is 0.0462. The van der Waals surface area contributed by atoms with Gasteiger partial charge in [-0.25, -0.2) is 4.68 Å². The molecule has 0 radical (unpaired) electrons. The summed E-state index contributed by atoms with van der Waals surface area (Å²) < 4.78 is 40.1. The summed E-state index contributed by atoms with van der Waals surface area (Å²) in [6.07, 6.45) is -3.24. The van der Waals surface area contributed by atoms with Gasteiger partial charge in [0.25, 0.3) is 0 Å². The molecule has 27 heavy (non-hydrogen) atoms. The number of halogens is 3. The largest absolute Gasteiger partial charge is 0.416 e. The number of carbonyl (C=O) groups is 1. The van der Waals surface area contributed by atoms with Crippen LogP contribution in [0.15, 0.2) is 43.0 Å². The van der Waals surface area contributed by atoms with E-state index in [0.717, 1.165) is 12.1 Å². The third kappa shape index (κ3) is 3.95. The summed E-state index contributed by atoms with van der Waals surface area (Å²) in [4.78, 5) is 13.2. The van der Waals surface area contributed by atoms with Crippen molar-refractivity contribution in [2.45, 2.75) is 12.7 Å². The van der Waals surface area contributed by atoms with Crippen LogP contribution in [0, 0.1) is 17.2 Å². The molecule has 2 heterocycles. The van der Waals surface area contributed by atoms with Crippen molar-refractivity contribution in [1.82, 2.24) is 15.1 Å². The van der Waals surface area contributed by atoms with Gasteiger partial charge in [0.15, 0.2) is 5.69 Å². The summed E-state index contributed by atoms with van der Waals surface area (Å²) in [7, 11) is 0. The molecule has 2 aromatic rings. The van der Waals surface area contributed by atoms with Crippen LogP contribution in [0.3, 0.4) is 0 Å². The molecule has 0 saturated heterocycles. The summed E-state index contributed by atoms with van der Waals surface area (Å²) in [6, 6.07) is 8.37. The fraction of sp³-hybridized carbons (Fsp3) is 0.278. The Morgan fingerprint density at radius 2 is 2.07 bits per heavy atom. The number of alkyl halides is 3. The number of amides is 1. The highest BCUT2D eigenvalue weighted by Gasteiger charge is 2.31. The van der Waals surface area contributed by atoms with Crippen molar-refractivity contribution in [2.75, 3.05) is 18.0 Å². The van der Waals surface area contributed by atoms with Crippen LogP contribution in [-0.2, 0) is 17.5 Å². The molecular formula is C18H16F3N5O. The van der Waals surface area contributed by atoms with Crippen LogP contribution in [0.4, 0.5) is 24.7 Å². The number of nitrogens with one attached hydrogen (secondary N) is 1. The van der Waals surface area contributed by atoms with Gasteiger partial charge in [-0.2, -0.15) is 23.5 Å². The fourth-order valence-electron chi connectivity index (χ4n) is 2.98. The first-order chi connectivity index (χ1) is 12.8. The minimum Gasteiger partial charge on any atom is -0.352 e. The first-order valence-electron chi connectivity index (χ1n) is 8.15. The highest BCUT2D eigenvalue weighted by atomic mass is 19.4. The van der Waals surface area contributed by atoms with E-state index >= 15 is 0 Å². The molecule has 1 aromatic carbocycles. The van der Waals surface area contributed by atoms with E-state index < -0.39 is 11.7 Å². The fourth-order valence-corrected chi connectivity index (χ4v) is 2.98. The Hall–Kier alpha value is -3.28. The molecule has 1 aromatic heterocycles. The predicted octanol–water partition coefficient (Wildman–Crippen LogP) is 2.84. The second kappa shape index (κ2) is 7.15. The van der Waals surface area contributed by atoms with Crippen LogP contribution in [0.25, 0.3) is 0 Å². The quantitative estimate of drug-likeness (QED) is 0.834. The number of anilines is 2. The second-order valence-corrected chi connectivity index (χ2v) is 6.15. The Bertz CT molecular complexity index is 895. The van der Waals surface area contributed by atoms with Crippen molar-refractivity contribution < 1.29 is 18.0 Å². The van der Waals surface area contributed by atoms with Crippen LogP contribution < -0.4 is 10.2 Å². The Morgan fingerprint density at radius 3 is 2.67 bits per heavy atom. The summed E-state index contributed by atoms with van der Waals surface area (Å²) in [5.74, 6) is 0.271. The Morgan fingerprint density at radius 1 is 1.37 bits per heavy atom. The molecule has 1 aliphatic rings. The lowest BCUT2D eigenvalue weighted by atomic mass is 10.1. The molecule has 0 fully saturated rings. The van der Waals surface area contributed by atoms with Crippen LogP contribution >= 0.6 is 0 Å². The van der Waals surface area contributed by atoms with Crippen molar-refractivity contribution in [1.29, 1.82) is 5.26 Å². The number of hydrogen-bond donors (Lipinski definition) is 1. The average Bonchev–Trinajstić information content (AvgIpc) is 3.08. The number of nitriles is 1. The summed E-state index contributed by atoms with van der Waals surface area (Å²) >= 11 is 0. The lowest BCUT2D eigenvalue weighted by molar-refractivity contribution is -0.137. The van der Waals surface area contributed by atoms with Crippen molar-refractivity contribution in [2.24, 2.45) is 5.92 Å². The van der Waals surface area contributed by atoms with Gasteiger partial charge in [0.2, 0.25) is 5.91 Å². The van der Waals surface area contributed by atoms with Gasteiger partial charge in [0, 0.05) is 37.3 Å². The molecule has 1 amide bonds. The van der Waals surface area contributed by atoms with Gasteiger partial charge in [0.1, 0.15) is 11.9 Å². The highest BCUT2D eigenvalue weighted by Crippen LogP contribution is 2.34. The molecule has 1 atom stereocenters. The first kappa shape index (κ1) is 18.5. The number of hydrogen-bond acceptors (Lipinski definition) is 4. The Kier molecular flexibility index (Phi) is 4.90. The summed E-state index contributed by atoms with van der Waals surface area (Å²) in [5.41, 5.74) is 0.0374. The number of carbonyl (C=O) groups excluding carboxylic acids is 1. The zero-order valence-electron chi connectivity index (χ0n) is 14.2. The van der Waals surface area contributed by atoms with E-state index in [0.29, 0.717) is 31.1 Å². The molecule has 9 heteroatoms. The molecule has 0 bridgehead atoms. The highest BCUT2D eigenvalue weighted by molar-refractivity contribution is 5.86. The van der Waals surface area contributed by atoms with Crippen LogP contribution in [0.2, 0.25) is 0 Å². The van der Waals surface area contributed by atoms with Gasteiger partial charge in [-0.05, 0) is 30.3 Å². The smallest absolute Gasteiger partial charge is 0.352 e. The summed E-state index contributed by atoms with van der Waals surface area (Å²) in [5, 5.41) is 16.0. The van der Waals surface area contributed by atoms with E-state index in [1.54, 1.807) is 15.6 Å². The molecule has 0 spiro atoms. The van der Waals surface area contributed by atoms with Crippen molar-refractivity contribution >= 4 is 17.4 Å². The van der Waals surface area contributed by atoms with Crippen molar-refractivity contribution in [3.05, 3.63) is 54.2 Å². The van der Waals surface area contributed by atoms with Gasteiger partial charge < -0.3 is 10.2 Å². The van der Waals surface area contributed by atoms with Gasteiger partial charge in [-0.15, -0.1) is 0 Å². The lowest BCUT2D eigenvalue weighted by Crippen LogP contribution is -2.41. The first-order valence-corrected chi connectivity index (χ1v) is 8.15. The van der Waals surface area contributed by atoms with E-state index in [1.165, 1.54) is 18.2 Å². The van der Waals surface area contributed by atoms with Crippen molar-refractivity contribution in [3.63, 3.8) is 0 Å². The Balaban J connectivity index is 1.90. The predicted molar refractivity (Wildman–Crippen MR) is 92.1 cm³/mol. The topological polar surface area (TPSA) is 74.0 Å². The Labute approximate surface area is 153 Å². The standard InChI is InChI=1S/C18H16F3N5O/c1-2-16(27)23-9-12-10-25(17-7-14(8-22)24-26(17)11-12)15-5-3-13(4-6-15)18(19,20)21/h2-7,12H,1,9-11H2,(H,23,27)/t12-/m0/s1. The van der Waals surface area contributed by atoms with E-state index in [1.807, 2.05) is 6.07 Å². The van der Waals surface area contributed by atoms with Crippen LogP contribution in [0.1, 0.15) is 11.3 Å². The number of rotatable bonds is 4. The molecule has 1 aliphatic heterocycles. The normalized spacial score (nSPS) is 16.4. The molecular weight excluding hydrogens is 359 g/mol. The maximum absolute atomic E-state index is 12.8.